The van der Waals surface area contributed by atoms with Gasteiger partial charge in [0, 0.05) is 29.1 Å². The molecule has 136 valence electrons. The zero-order valence-electron chi connectivity index (χ0n) is 14.5. The highest BCUT2D eigenvalue weighted by Crippen LogP contribution is 2.19. The lowest BCUT2D eigenvalue weighted by molar-refractivity contribution is -0.124. The number of carbonyl (C=O) groups is 2. The number of hydrogen-bond acceptors (Lipinski definition) is 3. The molecule has 0 unspecified atom stereocenters. The number of nitrogens with one attached hydrogen (secondary N) is 2. The van der Waals surface area contributed by atoms with E-state index in [-0.39, 0.29) is 24.7 Å². The van der Waals surface area contributed by atoms with E-state index < -0.39 is 0 Å². The molecule has 2 aromatic carbocycles. The van der Waals surface area contributed by atoms with Crippen LogP contribution < -0.4 is 10.7 Å². The molecule has 5 nitrogen and oxygen atoms in total. The van der Waals surface area contributed by atoms with Crippen molar-refractivity contribution in [2.45, 2.75) is 26.7 Å². The van der Waals surface area contributed by atoms with Crippen molar-refractivity contribution in [2.75, 3.05) is 5.32 Å². The Bertz CT molecular complexity index is 851. The average molecular weight is 392 g/mol. The van der Waals surface area contributed by atoms with E-state index in [9.17, 15) is 9.59 Å². The number of amides is 2. The molecule has 7 heteroatoms. The fourth-order valence-corrected chi connectivity index (χ4v) is 2.56. The van der Waals surface area contributed by atoms with Crippen LogP contribution in [-0.2, 0) is 9.59 Å². The molecule has 0 spiro atoms. The molecule has 26 heavy (non-hydrogen) atoms. The van der Waals surface area contributed by atoms with E-state index in [4.69, 9.17) is 23.2 Å². The molecule has 0 bridgehead atoms. The first kappa shape index (κ1) is 19.9. The van der Waals surface area contributed by atoms with Gasteiger partial charge < -0.3 is 5.32 Å². The Morgan fingerprint density at radius 1 is 1.00 bits per heavy atom. The topological polar surface area (TPSA) is 70.6 Å². The molecule has 0 radical (unpaired) electrons. The minimum atomic E-state index is -0.360. The Balaban J connectivity index is 1.78. The Labute approximate surface area is 162 Å². The van der Waals surface area contributed by atoms with Crippen molar-refractivity contribution in [1.82, 2.24) is 5.43 Å². The summed E-state index contributed by atoms with van der Waals surface area (Å²) >= 11 is 11.8. The molecule has 0 saturated heterocycles. The van der Waals surface area contributed by atoms with Crippen molar-refractivity contribution >= 4 is 46.9 Å². The lowest BCUT2D eigenvalue weighted by Crippen LogP contribution is -2.20. The van der Waals surface area contributed by atoms with Crippen LogP contribution in [0.1, 0.15) is 29.5 Å². The van der Waals surface area contributed by atoms with E-state index in [1.165, 1.54) is 6.21 Å². The maximum absolute atomic E-state index is 11.9. The van der Waals surface area contributed by atoms with Gasteiger partial charge in [0.05, 0.1) is 11.2 Å². The average Bonchev–Trinajstić information content (AvgIpc) is 2.58. The van der Waals surface area contributed by atoms with Gasteiger partial charge in [0.2, 0.25) is 11.8 Å². The van der Waals surface area contributed by atoms with Crippen LogP contribution in [0.4, 0.5) is 5.69 Å². The molecule has 0 aromatic heterocycles. The molecule has 2 rings (SSSR count). The molecular weight excluding hydrogens is 373 g/mol. The number of nitrogens with zero attached hydrogens (tertiary/aromatic N) is 1. The number of hydrazone groups is 1. The first-order valence-corrected chi connectivity index (χ1v) is 8.75. The lowest BCUT2D eigenvalue weighted by atomic mass is 10.1. The van der Waals surface area contributed by atoms with Gasteiger partial charge in [-0.3, -0.25) is 9.59 Å². The Kier molecular flexibility index (Phi) is 7.18. The van der Waals surface area contributed by atoms with Crippen LogP contribution in [0, 0.1) is 13.8 Å². The number of benzene rings is 2. The third-order valence-corrected chi connectivity index (χ3v) is 4.29. The summed E-state index contributed by atoms with van der Waals surface area (Å²) in [5.41, 5.74) is 5.96. The summed E-state index contributed by atoms with van der Waals surface area (Å²) in [7, 11) is 0. The summed E-state index contributed by atoms with van der Waals surface area (Å²) in [4.78, 5) is 23.7. The van der Waals surface area contributed by atoms with Gasteiger partial charge in [0.15, 0.2) is 0 Å². The molecule has 0 aliphatic heterocycles. The van der Waals surface area contributed by atoms with Gasteiger partial charge in [-0.2, -0.15) is 5.10 Å². The first-order valence-electron chi connectivity index (χ1n) is 7.99. The molecule has 2 N–H and O–H groups in total. The number of hydrogen-bond donors (Lipinski definition) is 2. The minimum absolute atomic E-state index is 0.0301. The van der Waals surface area contributed by atoms with Crippen molar-refractivity contribution in [2.24, 2.45) is 5.10 Å². The third-order valence-electron chi connectivity index (χ3n) is 3.73. The maximum atomic E-state index is 11.9. The first-order chi connectivity index (χ1) is 12.3. The standard InChI is InChI=1S/C19H19Cl2N3O2/c1-12-3-6-16(9-13(12)2)23-18(25)7-8-19(26)24-22-11-14-4-5-15(20)10-17(14)21/h3-6,9-11H,7-8H2,1-2H3,(H,23,25)(H,24,26). The zero-order chi connectivity index (χ0) is 19.1. The SMILES string of the molecule is Cc1ccc(NC(=O)CCC(=O)NN=Cc2ccc(Cl)cc2Cl)cc1C. The summed E-state index contributed by atoms with van der Waals surface area (Å²) in [6.45, 7) is 3.98. The molecular formula is C19H19Cl2N3O2. The Morgan fingerprint density at radius 3 is 2.42 bits per heavy atom. The normalized spacial score (nSPS) is 10.8. The molecule has 2 aromatic rings. The molecule has 0 heterocycles. The molecule has 2 amide bonds. The number of carbonyl (C=O) groups excluding carboxylic acids is 2. The quantitative estimate of drug-likeness (QED) is 0.562. The van der Waals surface area contributed by atoms with Gasteiger partial charge in [0.1, 0.15) is 0 Å². The van der Waals surface area contributed by atoms with Crippen LogP contribution in [0.2, 0.25) is 10.0 Å². The van der Waals surface area contributed by atoms with Crippen LogP contribution >= 0.6 is 23.2 Å². The number of rotatable bonds is 6. The molecule has 0 aliphatic rings. The van der Waals surface area contributed by atoms with Crippen LogP contribution in [0.25, 0.3) is 0 Å². The van der Waals surface area contributed by atoms with E-state index in [0.717, 1.165) is 11.1 Å². The summed E-state index contributed by atoms with van der Waals surface area (Å²) < 4.78 is 0. The summed E-state index contributed by atoms with van der Waals surface area (Å²) in [5, 5.41) is 7.56. The monoisotopic (exact) mass is 391 g/mol. The largest absolute Gasteiger partial charge is 0.326 e. The number of anilines is 1. The summed E-state index contributed by atoms with van der Waals surface area (Å²) in [6.07, 6.45) is 1.52. The van der Waals surface area contributed by atoms with Gasteiger partial charge in [-0.15, -0.1) is 0 Å². The smallest absolute Gasteiger partial charge is 0.240 e. The fourth-order valence-electron chi connectivity index (χ4n) is 2.11. The third kappa shape index (κ3) is 6.17. The van der Waals surface area contributed by atoms with Crippen molar-refractivity contribution in [3.63, 3.8) is 0 Å². The number of halogens is 2. The highest BCUT2D eigenvalue weighted by atomic mass is 35.5. The Morgan fingerprint density at radius 2 is 1.73 bits per heavy atom. The molecule has 0 saturated carbocycles. The van der Waals surface area contributed by atoms with Gasteiger partial charge in [0.25, 0.3) is 0 Å². The van der Waals surface area contributed by atoms with Crippen molar-refractivity contribution in [3.05, 3.63) is 63.1 Å². The fraction of sp³-hybridized carbons (Fsp3) is 0.211. The highest BCUT2D eigenvalue weighted by molar-refractivity contribution is 6.36. The second-order valence-electron chi connectivity index (χ2n) is 5.81. The minimum Gasteiger partial charge on any atom is -0.326 e. The van der Waals surface area contributed by atoms with Crippen molar-refractivity contribution in [1.29, 1.82) is 0 Å². The van der Waals surface area contributed by atoms with Gasteiger partial charge in [-0.25, -0.2) is 5.43 Å². The number of aryl methyl sites for hydroxylation is 2. The predicted octanol–water partition coefficient (Wildman–Crippen LogP) is 4.48. The van der Waals surface area contributed by atoms with E-state index >= 15 is 0 Å². The van der Waals surface area contributed by atoms with Gasteiger partial charge in [-0.05, 0) is 49.2 Å². The van der Waals surface area contributed by atoms with Crippen molar-refractivity contribution in [3.8, 4) is 0 Å². The van der Waals surface area contributed by atoms with Crippen LogP contribution in [0.3, 0.4) is 0 Å². The summed E-state index contributed by atoms with van der Waals surface area (Å²) in [6, 6.07) is 10.6. The lowest BCUT2D eigenvalue weighted by Gasteiger charge is -2.07. The van der Waals surface area contributed by atoms with E-state index in [0.29, 0.717) is 21.3 Å². The van der Waals surface area contributed by atoms with E-state index in [1.54, 1.807) is 18.2 Å². The van der Waals surface area contributed by atoms with Crippen LogP contribution in [-0.4, -0.2) is 18.0 Å². The van der Waals surface area contributed by atoms with Crippen LogP contribution in [0.5, 0.6) is 0 Å². The van der Waals surface area contributed by atoms with Crippen LogP contribution in [0.15, 0.2) is 41.5 Å². The van der Waals surface area contributed by atoms with E-state index in [1.807, 2.05) is 32.0 Å². The van der Waals surface area contributed by atoms with Crippen molar-refractivity contribution < 1.29 is 9.59 Å². The van der Waals surface area contributed by atoms with E-state index in [2.05, 4.69) is 15.8 Å². The zero-order valence-corrected chi connectivity index (χ0v) is 16.0. The second kappa shape index (κ2) is 9.36. The molecule has 0 atom stereocenters. The van der Waals surface area contributed by atoms with Gasteiger partial charge >= 0.3 is 0 Å². The highest BCUT2D eigenvalue weighted by Gasteiger charge is 2.07. The molecule has 0 fully saturated rings. The molecule has 0 aliphatic carbocycles. The maximum Gasteiger partial charge on any atom is 0.240 e. The Hall–Kier alpha value is -2.37. The summed E-state index contributed by atoms with van der Waals surface area (Å²) in [5.74, 6) is -0.588. The second-order valence-corrected chi connectivity index (χ2v) is 6.65. The predicted molar refractivity (Wildman–Crippen MR) is 106 cm³/mol. The van der Waals surface area contributed by atoms with Gasteiger partial charge in [-0.1, -0.05) is 35.3 Å².